The number of hydrogen-bond acceptors (Lipinski definition) is 6. The number of nitrogens with zero attached hydrogens (tertiary/aromatic N) is 3. The summed E-state index contributed by atoms with van der Waals surface area (Å²) in [4.78, 5) is 4.13. The zero-order valence-corrected chi connectivity index (χ0v) is 17.4. The largest absolute Gasteiger partial charge is 0.493 e. The van der Waals surface area contributed by atoms with Crippen molar-refractivity contribution < 1.29 is 17.9 Å². The molecule has 8 nitrogen and oxygen atoms in total. The third-order valence-corrected chi connectivity index (χ3v) is 5.56. The lowest BCUT2D eigenvalue weighted by molar-refractivity contribution is 0.354. The van der Waals surface area contributed by atoms with Gasteiger partial charge in [-0.05, 0) is 25.1 Å². The Morgan fingerprint density at radius 1 is 1.07 bits per heavy atom. The van der Waals surface area contributed by atoms with Gasteiger partial charge < -0.3 is 9.47 Å². The number of methoxy groups -OCH3 is 2. The number of rotatable bonds is 6. The van der Waals surface area contributed by atoms with Gasteiger partial charge in [0.25, 0.3) is 10.0 Å². The zero-order chi connectivity index (χ0) is 20.5. The molecule has 3 aromatic rings. The summed E-state index contributed by atoms with van der Waals surface area (Å²) in [5, 5.41) is 4.84. The number of sulfonamides is 1. The molecule has 0 spiro atoms. The molecule has 1 N–H and O–H groups in total. The zero-order valence-electron chi connectivity index (χ0n) is 15.1. The molecule has 0 amide bonds. The lowest BCUT2D eigenvalue weighted by Crippen LogP contribution is -2.16. The summed E-state index contributed by atoms with van der Waals surface area (Å²) in [5.74, 6) is 1.12. The minimum atomic E-state index is -3.95. The van der Waals surface area contributed by atoms with Crippen molar-refractivity contribution in [2.24, 2.45) is 0 Å². The summed E-state index contributed by atoms with van der Waals surface area (Å²) >= 11 is 12.1. The van der Waals surface area contributed by atoms with Crippen LogP contribution in [0.1, 0.15) is 5.69 Å². The van der Waals surface area contributed by atoms with Gasteiger partial charge in [-0.15, -0.1) is 0 Å². The third kappa shape index (κ3) is 4.01. The molecule has 148 valence electrons. The normalized spacial score (nSPS) is 11.3. The van der Waals surface area contributed by atoms with Crippen LogP contribution in [-0.4, -0.2) is 37.4 Å². The predicted molar refractivity (Wildman–Crippen MR) is 106 cm³/mol. The molecule has 0 aliphatic rings. The molecule has 0 radical (unpaired) electrons. The van der Waals surface area contributed by atoms with Crippen molar-refractivity contribution in [2.45, 2.75) is 11.8 Å². The molecule has 0 fully saturated rings. The highest BCUT2D eigenvalue weighted by molar-refractivity contribution is 7.92. The maximum absolute atomic E-state index is 12.9. The van der Waals surface area contributed by atoms with Crippen LogP contribution in [0, 0.1) is 6.92 Å². The number of aryl methyl sites for hydroxylation is 1. The minimum Gasteiger partial charge on any atom is -0.493 e. The van der Waals surface area contributed by atoms with Crippen molar-refractivity contribution in [3.63, 3.8) is 0 Å². The van der Waals surface area contributed by atoms with Crippen LogP contribution in [0.25, 0.3) is 5.82 Å². The molecule has 0 atom stereocenters. The van der Waals surface area contributed by atoms with Gasteiger partial charge in [-0.3, -0.25) is 4.72 Å². The van der Waals surface area contributed by atoms with Crippen LogP contribution in [0.15, 0.2) is 41.4 Å². The molecule has 0 aliphatic carbocycles. The van der Waals surface area contributed by atoms with Crippen molar-refractivity contribution in [2.75, 3.05) is 18.9 Å². The number of nitrogens with one attached hydrogen (secondary N) is 1. The lowest BCUT2D eigenvalue weighted by Gasteiger charge is -2.13. The molecule has 28 heavy (non-hydrogen) atoms. The van der Waals surface area contributed by atoms with Crippen LogP contribution in [-0.2, 0) is 10.0 Å². The second kappa shape index (κ2) is 7.86. The van der Waals surface area contributed by atoms with Gasteiger partial charge in [0.05, 0.1) is 34.9 Å². The number of benzene rings is 1. The Bertz CT molecular complexity index is 1130. The van der Waals surface area contributed by atoms with Gasteiger partial charge in [0.1, 0.15) is 5.82 Å². The first-order chi connectivity index (χ1) is 13.2. The number of ether oxygens (including phenoxy) is 2. The topological polar surface area (TPSA) is 95.3 Å². The van der Waals surface area contributed by atoms with Crippen LogP contribution < -0.4 is 14.2 Å². The second-order valence-corrected chi connectivity index (χ2v) is 8.19. The first-order valence-electron chi connectivity index (χ1n) is 7.88. The van der Waals surface area contributed by atoms with E-state index < -0.39 is 10.0 Å². The van der Waals surface area contributed by atoms with Gasteiger partial charge >= 0.3 is 0 Å². The van der Waals surface area contributed by atoms with Gasteiger partial charge in [-0.25, -0.2) is 13.4 Å². The molecule has 0 saturated carbocycles. The number of halogens is 2. The Labute approximate surface area is 172 Å². The Hall–Kier alpha value is -2.49. The van der Waals surface area contributed by atoms with E-state index in [1.165, 1.54) is 49.4 Å². The maximum atomic E-state index is 12.9. The molecule has 3 rings (SSSR count). The minimum absolute atomic E-state index is 0.00860. The van der Waals surface area contributed by atoms with Gasteiger partial charge in [-0.1, -0.05) is 23.2 Å². The van der Waals surface area contributed by atoms with Crippen molar-refractivity contribution in [3.05, 3.63) is 52.3 Å². The van der Waals surface area contributed by atoms with Crippen molar-refractivity contribution in [1.29, 1.82) is 0 Å². The fourth-order valence-electron chi connectivity index (χ4n) is 2.48. The quantitative estimate of drug-likeness (QED) is 0.624. The SMILES string of the molecule is COc1ccc(S(=O)(=O)Nc2cc(C)nn2-c2ncc(Cl)cc2Cl)cc1OC. The first-order valence-corrected chi connectivity index (χ1v) is 10.1. The van der Waals surface area contributed by atoms with E-state index in [0.717, 1.165) is 0 Å². The second-order valence-electron chi connectivity index (χ2n) is 5.66. The van der Waals surface area contributed by atoms with Gasteiger partial charge in [-0.2, -0.15) is 9.78 Å². The van der Waals surface area contributed by atoms with E-state index in [0.29, 0.717) is 16.5 Å². The molecular formula is C17H16Cl2N4O4S. The molecule has 0 aliphatic heterocycles. The van der Waals surface area contributed by atoms with E-state index in [9.17, 15) is 8.42 Å². The maximum Gasteiger partial charge on any atom is 0.263 e. The van der Waals surface area contributed by atoms with Crippen LogP contribution >= 0.6 is 23.2 Å². The highest BCUT2D eigenvalue weighted by Gasteiger charge is 2.21. The summed E-state index contributed by atoms with van der Waals surface area (Å²) < 4.78 is 39.9. The highest BCUT2D eigenvalue weighted by Crippen LogP contribution is 2.31. The van der Waals surface area contributed by atoms with Crippen molar-refractivity contribution in [1.82, 2.24) is 14.8 Å². The van der Waals surface area contributed by atoms with E-state index in [-0.39, 0.29) is 27.3 Å². The molecule has 1 aromatic carbocycles. The molecule has 0 bridgehead atoms. The van der Waals surface area contributed by atoms with E-state index in [4.69, 9.17) is 32.7 Å². The van der Waals surface area contributed by atoms with Crippen LogP contribution in [0.3, 0.4) is 0 Å². The summed E-state index contributed by atoms with van der Waals surface area (Å²) in [6.45, 7) is 1.72. The summed E-state index contributed by atoms with van der Waals surface area (Å²) in [6.07, 6.45) is 1.40. The van der Waals surface area contributed by atoms with Crippen LogP contribution in [0.2, 0.25) is 10.0 Å². The average Bonchev–Trinajstić information content (AvgIpc) is 3.00. The van der Waals surface area contributed by atoms with E-state index in [2.05, 4.69) is 14.8 Å². The lowest BCUT2D eigenvalue weighted by atomic mass is 10.3. The van der Waals surface area contributed by atoms with E-state index >= 15 is 0 Å². The van der Waals surface area contributed by atoms with Gasteiger partial charge in [0.2, 0.25) is 0 Å². The number of pyridine rings is 1. The fraction of sp³-hybridized carbons (Fsp3) is 0.176. The summed E-state index contributed by atoms with van der Waals surface area (Å²) in [7, 11) is -1.06. The average molecular weight is 443 g/mol. The Morgan fingerprint density at radius 3 is 2.43 bits per heavy atom. The molecule has 0 unspecified atom stereocenters. The molecule has 0 saturated heterocycles. The third-order valence-electron chi connectivity index (χ3n) is 3.72. The number of anilines is 1. The molecule has 2 aromatic heterocycles. The standard InChI is InChI=1S/C17H16Cl2N4O4S/c1-10-6-16(23(21-10)17-13(19)7-11(18)9-20-17)22-28(24,25)12-4-5-14(26-2)15(8-12)27-3/h4-9,22H,1-3H3. The molecular weight excluding hydrogens is 427 g/mol. The van der Waals surface area contributed by atoms with Gasteiger partial charge in [0.15, 0.2) is 17.3 Å². The number of aromatic nitrogens is 3. The van der Waals surface area contributed by atoms with Gasteiger partial charge in [0, 0.05) is 18.3 Å². The predicted octanol–water partition coefficient (Wildman–Crippen LogP) is 3.70. The number of hydrogen-bond donors (Lipinski definition) is 1. The molecule has 2 heterocycles. The Morgan fingerprint density at radius 2 is 1.79 bits per heavy atom. The van der Waals surface area contributed by atoms with E-state index in [1.807, 2.05) is 0 Å². The Kier molecular flexibility index (Phi) is 5.69. The van der Waals surface area contributed by atoms with E-state index in [1.54, 1.807) is 13.0 Å². The monoisotopic (exact) mass is 442 g/mol. The summed E-state index contributed by atoms with van der Waals surface area (Å²) in [5.41, 5.74) is 0.567. The Balaban J connectivity index is 2.02. The summed E-state index contributed by atoms with van der Waals surface area (Å²) in [6, 6.07) is 7.33. The smallest absolute Gasteiger partial charge is 0.263 e. The highest BCUT2D eigenvalue weighted by atomic mass is 35.5. The van der Waals surface area contributed by atoms with Crippen LogP contribution in [0.5, 0.6) is 11.5 Å². The van der Waals surface area contributed by atoms with Crippen molar-refractivity contribution >= 4 is 39.0 Å². The van der Waals surface area contributed by atoms with Crippen LogP contribution in [0.4, 0.5) is 5.82 Å². The molecule has 11 heteroatoms. The van der Waals surface area contributed by atoms with Crippen molar-refractivity contribution in [3.8, 4) is 17.3 Å². The fourth-order valence-corrected chi connectivity index (χ4v) is 3.99. The first kappa shape index (κ1) is 20.2.